The third kappa shape index (κ3) is 2.00. The molecule has 0 saturated heterocycles. The van der Waals surface area contributed by atoms with Crippen molar-refractivity contribution in [3.63, 3.8) is 0 Å². The van der Waals surface area contributed by atoms with Gasteiger partial charge in [-0.25, -0.2) is 14.4 Å². The summed E-state index contributed by atoms with van der Waals surface area (Å²) >= 11 is 1.52. The van der Waals surface area contributed by atoms with Crippen molar-refractivity contribution >= 4 is 22.4 Å². The predicted octanol–water partition coefficient (Wildman–Crippen LogP) is 2.59. The maximum atomic E-state index is 13.0. The number of nitrogens with zero attached hydrogens (tertiary/aromatic N) is 2. The van der Waals surface area contributed by atoms with Crippen molar-refractivity contribution in [2.75, 3.05) is 6.54 Å². The van der Waals surface area contributed by atoms with Gasteiger partial charge in [0.15, 0.2) is 5.58 Å². The van der Waals surface area contributed by atoms with E-state index in [9.17, 15) is 4.39 Å². The molecule has 0 amide bonds. The molecule has 0 aliphatic heterocycles. The van der Waals surface area contributed by atoms with Gasteiger partial charge in [-0.3, -0.25) is 0 Å². The maximum absolute atomic E-state index is 13.0. The Kier molecular flexibility index (Phi) is 2.81. The monoisotopic (exact) mass is 263 g/mol. The predicted molar refractivity (Wildman–Crippen MR) is 67.8 cm³/mol. The average molecular weight is 263 g/mol. The zero-order valence-corrected chi connectivity index (χ0v) is 10.2. The standard InChI is InChI=1S/C12H10FN3OS/c13-7-1-2-8-10(5-7)17-12(16-8)9-6-18-11(15-9)3-4-14/h1-2,5-6H,3-4,14H2. The lowest BCUT2D eigenvalue weighted by Gasteiger charge is -1.88. The zero-order chi connectivity index (χ0) is 12.5. The number of halogens is 1. The van der Waals surface area contributed by atoms with Crippen LogP contribution in [-0.4, -0.2) is 16.5 Å². The summed E-state index contributed by atoms with van der Waals surface area (Å²) in [7, 11) is 0. The van der Waals surface area contributed by atoms with Crippen LogP contribution in [-0.2, 0) is 6.42 Å². The van der Waals surface area contributed by atoms with Gasteiger partial charge in [-0.2, -0.15) is 0 Å². The van der Waals surface area contributed by atoms with E-state index in [4.69, 9.17) is 10.2 Å². The molecule has 6 heteroatoms. The average Bonchev–Trinajstić information content (AvgIpc) is 2.94. The Labute approximate surface area is 106 Å². The zero-order valence-electron chi connectivity index (χ0n) is 9.39. The van der Waals surface area contributed by atoms with Crippen LogP contribution in [0.3, 0.4) is 0 Å². The van der Waals surface area contributed by atoms with Crippen LogP contribution >= 0.6 is 11.3 Å². The van der Waals surface area contributed by atoms with E-state index in [-0.39, 0.29) is 5.82 Å². The van der Waals surface area contributed by atoms with Gasteiger partial charge in [0.05, 0.1) is 5.01 Å². The SMILES string of the molecule is NCCc1nc(-c2nc3ccc(F)cc3o2)cs1. The number of fused-ring (bicyclic) bond motifs is 1. The highest BCUT2D eigenvalue weighted by atomic mass is 32.1. The first-order chi connectivity index (χ1) is 8.76. The van der Waals surface area contributed by atoms with Gasteiger partial charge in [0.2, 0.25) is 5.89 Å². The molecule has 0 radical (unpaired) electrons. The number of rotatable bonds is 3. The maximum Gasteiger partial charge on any atom is 0.247 e. The highest BCUT2D eigenvalue weighted by Gasteiger charge is 2.12. The van der Waals surface area contributed by atoms with Crippen molar-refractivity contribution in [2.45, 2.75) is 6.42 Å². The molecule has 0 atom stereocenters. The molecule has 0 fully saturated rings. The Bertz CT molecular complexity index is 692. The fraction of sp³-hybridized carbons (Fsp3) is 0.167. The van der Waals surface area contributed by atoms with Crippen LogP contribution < -0.4 is 5.73 Å². The fourth-order valence-corrected chi connectivity index (χ4v) is 2.44. The molecule has 92 valence electrons. The smallest absolute Gasteiger partial charge is 0.247 e. The molecule has 18 heavy (non-hydrogen) atoms. The first kappa shape index (κ1) is 11.3. The number of aromatic nitrogens is 2. The van der Waals surface area contributed by atoms with E-state index in [2.05, 4.69) is 9.97 Å². The summed E-state index contributed by atoms with van der Waals surface area (Å²) in [4.78, 5) is 8.65. The molecular weight excluding hydrogens is 253 g/mol. The Morgan fingerprint density at radius 3 is 3.06 bits per heavy atom. The molecule has 3 rings (SSSR count). The lowest BCUT2D eigenvalue weighted by molar-refractivity contribution is 0.601. The molecule has 2 heterocycles. The molecule has 0 aliphatic carbocycles. The molecule has 0 bridgehead atoms. The minimum absolute atomic E-state index is 0.340. The highest BCUT2D eigenvalue weighted by Crippen LogP contribution is 2.26. The van der Waals surface area contributed by atoms with Crippen LogP contribution in [0.15, 0.2) is 28.0 Å². The molecule has 0 spiro atoms. The van der Waals surface area contributed by atoms with Gasteiger partial charge in [0, 0.05) is 17.9 Å². The van der Waals surface area contributed by atoms with E-state index in [1.807, 2.05) is 5.38 Å². The summed E-state index contributed by atoms with van der Waals surface area (Å²) < 4.78 is 18.5. The molecule has 1 aromatic carbocycles. The number of hydrogen-bond acceptors (Lipinski definition) is 5. The molecule has 0 saturated carbocycles. The largest absolute Gasteiger partial charge is 0.435 e. The lowest BCUT2D eigenvalue weighted by atomic mass is 10.3. The Balaban J connectivity index is 2.02. The molecule has 0 unspecified atom stereocenters. The normalized spacial score (nSPS) is 11.2. The molecule has 2 N–H and O–H groups in total. The van der Waals surface area contributed by atoms with Crippen molar-refractivity contribution in [3.05, 3.63) is 34.4 Å². The highest BCUT2D eigenvalue weighted by molar-refractivity contribution is 7.09. The van der Waals surface area contributed by atoms with Gasteiger partial charge in [0.1, 0.15) is 17.0 Å². The van der Waals surface area contributed by atoms with Crippen molar-refractivity contribution < 1.29 is 8.81 Å². The van der Waals surface area contributed by atoms with Crippen LogP contribution in [0.2, 0.25) is 0 Å². The Hall–Kier alpha value is -1.79. The molecule has 3 aromatic rings. The fourth-order valence-electron chi connectivity index (χ4n) is 1.66. The summed E-state index contributed by atoms with van der Waals surface area (Å²) in [5.74, 6) is 0.0717. The summed E-state index contributed by atoms with van der Waals surface area (Å²) in [6.07, 6.45) is 0.736. The Morgan fingerprint density at radius 1 is 1.33 bits per heavy atom. The first-order valence-electron chi connectivity index (χ1n) is 5.47. The van der Waals surface area contributed by atoms with Gasteiger partial charge in [0.25, 0.3) is 0 Å². The third-order valence-electron chi connectivity index (χ3n) is 2.48. The van der Waals surface area contributed by atoms with Crippen LogP contribution in [0.5, 0.6) is 0 Å². The van der Waals surface area contributed by atoms with Gasteiger partial charge in [-0.15, -0.1) is 11.3 Å². The second-order valence-electron chi connectivity index (χ2n) is 3.80. The number of hydrogen-bond donors (Lipinski definition) is 1. The number of nitrogens with two attached hydrogens (primary N) is 1. The van der Waals surface area contributed by atoms with Crippen molar-refractivity contribution in [2.24, 2.45) is 5.73 Å². The van der Waals surface area contributed by atoms with Crippen LogP contribution in [0.4, 0.5) is 4.39 Å². The number of benzene rings is 1. The van der Waals surface area contributed by atoms with E-state index in [0.717, 1.165) is 11.4 Å². The van der Waals surface area contributed by atoms with E-state index in [1.165, 1.54) is 23.5 Å². The van der Waals surface area contributed by atoms with Crippen LogP contribution in [0.1, 0.15) is 5.01 Å². The molecule has 4 nitrogen and oxygen atoms in total. The van der Waals surface area contributed by atoms with Crippen LogP contribution in [0.25, 0.3) is 22.7 Å². The van der Waals surface area contributed by atoms with Gasteiger partial charge in [-0.05, 0) is 18.7 Å². The van der Waals surface area contributed by atoms with E-state index >= 15 is 0 Å². The lowest BCUT2D eigenvalue weighted by Crippen LogP contribution is -2.01. The molecular formula is C12H10FN3OS. The second kappa shape index (κ2) is 4.47. The second-order valence-corrected chi connectivity index (χ2v) is 4.74. The van der Waals surface area contributed by atoms with E-state index in [1.54, 1.807) is 6.07 Å². The number of oxazole rings is 1. The molecule has 0 aliphatic rings. The summed E-state index contributed by atoms with van der Waals surface area (Å²) in [5.41, 5.74) is 7.19. The molecule has 2 aromatic heterocycles. The number of thiazole rings is 1. The topological polar surface area (TPSA) is 64.9 Å². The van der Waals surface area contributed by atoms with E-state index < -0.39 is 0 Å². The van der Waals surface area contributed by atoms with E-state index in [0.29, 0.717) is 29.2 Å². The van der Waals surface area contributed by atoms with Crippen molar-refractivity contribution in [1.29, 1.82) is 0 Å². The summed E-state index contributed by atoms with van der Waals surface area (Å²) in [6, 6.07) is 4.26. The summed E-state index contributed by atoms with van der Waals surface area (Å²) in [5, 5.41) is 2.81. The summed E-state index contributed by atoms with van der Waals surface area (Å²) in [6.45, 7) is 0.561. The Morgan fingerprint density at radius 2 is 2.22 bits per heavy atom. The third-order valence-corrected chi connectivity index (χ3v) is 3.39. The van der Waals surface area contributed by atoms with Gasteiger partial charge in [-0.1, -0.05) is 0 Å². The quantitative estimate of drug-likeness (QED) is 0.788. The minimum atomic E-state index is -0.340. The first-order valence-corrected chi connectivity index (χ1v) is 6.35. The van der Waals surface area contributed by atoms with Gasteiger partial charge >= 0.3 is 0 Å². The van der Waals surface area contributed by atoms with Crippen LogP contribution in [0, 0.1) is 5.82 Å². The minimum Gasteiger partial charge on any atom is -0.435 e. The van der Waals surface area contributed by atoms with Crippen molar-refractivity contribution in [3.8, 4) is 11.6 Å². The van der Waals surface area contributed by atoms with Crippen molar-refractivity contribution in [1.82, 2.24) is 9.97 Å². The van der Waals surface area contributed by atoms with Gasteiger partial charge < -0.3 is 10.2 Å².